The van der Waals surface area contributed by atoms with Crippen molar-refractivity contribution in [3.63, 3.8) is 0 Å². The molecule has 0 aliphatic carbocycles. The van der Waals surface area contributed by atoms with Crippen LogP contribution in [0.3, 0.4) is 0 Å². The number of carbonyl (C=O) groups is 1. The van der Waals surface area contributed by atoms with Crippen LogP contribution in [-0.4, -0.2) is 11.1 Å². The Kier molecular flexibility index (Phi) is 2.95. The number of halogens is 1. The van der Waals surface area contributed by atoms with Gasteiger partial charge in [0.25, 0.3) is 0 Å². The number of benzene rings is 3. The molecule has 0 aromatic heterocycles. The molecule has 3 aromatic rings. The van der Waals surface area contributed by atoms with Gasteiger partial charge in [-0.25, -0.2) is 9.18 Å². The van der Waals surface area contributed by atoms with E-state index in [2.05, 4.69) is 0 Å². The van der Waals surface area contributed by atoms with Crippen LogP contribution in [0.15, 0.2) is 60.7 Å². The summed E-state index contributed by atoms with van der Waals surface area (Å²) >= 11 is 0. The van der Waals surface area contributed by atoms with Gasteiger partial charge in [0.05, 0.1) is 5.56 Å². The molecule has 2 nitrogen and oxygen atoms in total. The lowest BCUT2D eigenvalue weighted by Gasteiger charge is -2.06. The third kappa shape index (κ3) is 2.14. The first-order chi connectivity index (χ1) is 9.65. The minimum Gasteiger partial charge on any atom is -0.478 e. The van der Waals surface area contributed by atoms with Crippen LogP contribution in [0.4, 0.5) is 4.39 Å². The Morgan fingerprint density at radius 1 is 0.850 bits per heavy atom. The number of hydrogen-bond donors (Lipinski definition) is 1. The molecule has 0 heterocycles. The van der Waals surface area contributed by atoms with Crippen molar-refractivity contribution in [3.05, 3.63) is 72.0 Å². The highest BCUT2D eigenvalue weighted by Gasteiger charge is 2.11. The number of fused-ring (bicyclic) bond motifs is 1. The standard InChI is InChI=1S/C17H11FO2/c18-16-8-7-14(10-15(16)17(19)20)13-6-5-11-3-1-2-4-12(11)9-13/h1-10H,(H,19,20). The molecule has 0 radical (unpaired) electrons. The van der Waals surface area contributed by atoms with Crippen molar-refractivity contribution in [3.8, 4) is 11.1 Å². The normalized spacial score (nSPS) is 10.7. The van der Waals surface area contributed by atoms with Gasteiger partial charge < -0.3 is 5.11 Å². The van der Waals surface area contributed by atoms with E-state index in [4.69, 9.17) is 5.11 Å². The second kappa shape index (κ2) is 4.78. The van der Waals surface area contributed by atoms with Gasteiger partial charge >= 0.3 is 5.97 Å². The van der Waals surface area contributed by atoms with Crippen LogP contribution in [0.1, 0.15) is 10.4 Å². The summed E-state index contributed by atoms with van der Waals surface area (Å²) in [6.45, 7) is 0. The molecule has 3 aromatic carbocycles. The van der Waals surface area contributed by atoms with Crippen LogP contribution in [0.25, 0.3) is 21.9 Å². The average Bonchev–Trinajstić information content (AvgIpc) is 2.47. The lowest BCUT2D eigenvalue weighted by atomic mass is 9.99. The summed E-state index contributed by atoms with van der Waals surface area (Å²) in [4.78, 5) is 11.0. The lowest BCUT2D eigenvalue weighted by molar-refractivity contribution is 0.0692. The number of carboxylic acids is 1. The van der Waals surface area contributed by atoms with Crippen molar-refractivity contribution in [1.82, 2.24) is 0 Å². The topological polar surface area (TPSA) is 37.3 Å². The summed E-state index contributed by atoms with van der Waals surface area (Å²) in [5.74, 6) is -1.98. The van der Waals surface area contributed by atoms with Gasteiger partial charge in [0, 0.05) is 0 Å². The molecule has 0 atom stereocenters. The third-order valence-corrected chi connectivity index (χ3v) is 3.28. The van der Waals surface area contributed by atoms with Gasteiger partial charge in [0.1, 0.15) is 5.82 Å². The fraction of sp³-hybridized carbons (Fsp3) is 0. The Hall–Kier alpha value is -2.68. The number of rotatable bonds is 2. The summed E-state index contributed by atoms with van der Waals surface area (Å²) in [7, 11) is 0. The first-order valence-corrected chi connectivity index (χ1v) is 6.17. The number of hydrogen-bond acceptors (Lipinski definition) is 1. The fourth-order valence-electron chi connectivity index (χ4n) is 2.24. The van der Waals surface area contributed by atoms with E-state index in [1.54, 1.807) is 6.07 Å². The Morgan fingerprint density at radius 3 is 2.25 bits per heavy atom. The summed E-state index contributed by atoms with van der Waals surface area (Å²) in [6, 6.07) is 17.9. The SMILES string of the molecule is O=C(O)c1cc(-c2ccc3ccccc3c2)ccc1F. The van der Waals surface area contributed by atoms with Gasteiger partial charge in [-0.2, -0.15) is 0 Å². The van der Waals surface area contributed by atoms with Gasteiger partial charge in [-0.05, 0) is 40.1 Å². The van der Waals surface area contributed by atoms with Crippen molar-refractivity contribution in [2.75, 3.05) is 0 Å². The second-order valence-electron chi connectivity index (χ2n) is 4.56. The molecule has 0 unspecified atom stereocenters. The molecule has 0 saturated carbocycles. The molecule has 0 aliphatic heterocycles. The van der Waals surface area contributed by atoms with E-state index >= 15 is 0 Å². The Morgan fingerprint density at radius 2 is 1.50 bits per heavy atom. The molecular weight excluding hydrogens is 255 g/mol. The molecule has 20 heavy (non-hydrogen) atoms. The summed E-state index contributed by atoms with van der Waals surface area (Å²) in [5, 5.41) is 11.1. The first kappa shape index (κ1) is 12.4. The average molecular weight is 266 g/mol. The van der Waals surface area contributed by atoms with Gasteiger partial charge in [-0.3, -0.25) is 0 Å². The first-order valence-electron chi connectivity index (χ1n) is 6.17. The van der Waals surface area contributed by atoms with E-state index in [9.17, 15) is 9.18 Å². The monoisotopic (exact) mass is 266 g/mol. The highest BCUT2D eigenvalue weighted by Crippen LogP contribution is 2.26. The maximum atomic E-state index is 13.4. The maximum Gasteiger partial charge on any atom is 0.338 e. The molecule has 0 amide bonds. The van der Waals surface area contributed by atoms with E-state index in [-0.39, 0.29) is 5.56 Å². The van der Waals surface area contributed by atoms with Crippen LogP contribution < -0.4 is 0 Å². The van der Waals surface area contributed by atoms with E-state index in [1.807, 2.05) is 42.5 Å². The van der Waals surface area contributed by atoms with Crippen molar-refractivity contribution in [1.29, 1.82) is 0 Å². The van der Waals surface area contributed by atoms with E-state index in [1.165, 1.54) is 12.1 Å². The Bertz CT molecular complexity index is 809. The molecule has 3 heteroatoms. The number of carboxylic acid groups (broad SMARTS) is 1. The molecule has 0 spiro atoms. The quantitative estimate of drug-likeness (QED) is 0.749. The van der Waals surface area contributed by atoms with Gasteiger partial charge in [-0.15, -0.1) is 0 Å². The number of aromatic carboxylic acids is 1. The molecule has 0 bridgehead atoms. The zero-order valence-electron chi connectivity index (χ0n) is 10.5. The summed E-state index contributed by atoms with van der Waals surface area (Å²) < 4.78 is 13.4. The second-order valence-corrected chi connectivity index (χ2v) is 4.56. The zero-order valence-corrected chi connectivity index (χ0v) is 10.5. The lowest BCUT2D eigenvalue weighted by Crippen LogP contribution is -2.00. The highest BCUT2D eigenvalue weighted by atomic mass is 19.1. The maximum absolute atomic E-state index is 13.4. The largest absolute Gasteiger partial charge is 0.478 e. The van der Waals surface area contributed by atoms with Crippen LogP contribution in [0, 0.1) is 5.82 Å². The molecule has 0 aliphatic rings. The van der Waals surface area contributed by atoms with E-state index in [0.29, 0.717) is 5.56 Å². The van der Waals surface area contributed by atoms with Crippen molar-refractivity contribution in [2.45, 2.75) is 0 Å². The summed E-state index contributed by atoms with van der Waals surface area (Å²) in [5.41, 5.74) is 1.25. The van der Waals surface area contributed by atoms with Gasteiger partial charge in [0.2, 0.25) is 0 Å². The Balaban J connectivity index is 2.15. The zero-order chi connectivity index (χ0) is 14.1. The molecule has 0 fully saturated rings. The fourth-order valence-corrected chi connectivity index (χ4v) is 2.24. The molecule has 98 valence electrons. The van der Waals surface area contributed by atoms with E-state index in [0.717, 1.165) is 16.3 Å². The Labute approximate surface area is 115 Å². The van der Waals surface area contributed by atoms with Crippen LogP contribution in [0.2, 0.25) is 0 Å². The molecule has 0 saturated heterocycles. The minimum atomic E-state index is -1.26. The third-order valence-electron chi connectivity index (χ3n) is 3.28. The highest BCUT2D eigenvalue weighted by molar-refractivity contribution is 5.91. The summed E-state index contributed by atoms with van der Waals surface area (Å²) in [6.07, 6.45) is 0. The molecule has 3 rings (SSSR count). The van der Waals surface area contributed by atoms with Crippen molar-refractivity contribution < 1.29 is 14.3 Å². The molecular formula is C17H11FO2. The van der Waals surface area contributed by atoms with E-state index < -0.39 is 11.8 Å². The van der Waals surface area contributed by atoms with Gasteiger partial charge in [0.15, 0.2) is 0 Å². The predicted octanol–water partition coefficient (Wildman–Crippen LogP) is 4.34. The van der Waals surface area contributed by atoms with Crippen LogP contribution >= 0.6 is 0 Å². The minimum absolute atomic E-state index is 0.310. The predicted molar refractivity (Wildman–Crippen MR) is 76.3 cm³/mol. The molecule has 1 N–H and O–H groups in total. The van der Waals surface area contributed by atoms with Crippen molar-refractivity contribution in [2.24, 2.45) is 0 Å². The van der Waals surface area contributed by atoms with Crippen LogP contribution in [0.5, 0.6) is 0 Å². The van der Waals surface area contributed by atoms with Crippen molar-refractivity contribution >= 4 is 16.7 Å². The van der Waals surface area contributed by atoms with Crippen LogP contribution in [-0.2, 0) is 0 Å². The van der Waals surface area contributed by atoms with Gasteiger partial charge in [-0.1, -0.05) is 42.5 Å². The smallest absolute Gasteiger partial charge is 0.338 e.